The lowest BCUT2D eigenvalue weighted by atomic mass is 10.0. The Hall–Kier alpha value is -3.26. The van der Waals surface area contributed by atoms with Crippen LogP contribution < -0.4 is 38.9 Å². The zero-order valence-corrected chi connectivity index (χ0v) is 20.2. The second-order valence-corrected chi connectivity index (χ2v) is 8.59. The van der Waals surface area contributed by atoms with Crippen molar-refractivity contribution in [2.45, 2.75) is 83.0 Å². The Bertz CT molecular complexity index is 760. The minimum Gasteiger partial charge on any atom is -0.480 e. The van der Waals surface area contributed by atoms with E-state index < -0.39 is 59.7 Å². The van der Waals surface area contributed by atoms with Gasteiger partial charge >= 0.3 is 5.97 Å². The van der Waals surface area contributed by atoms with E-state index in [2.05, 4.69) is 16.0 Å². The van der Waals surface area contributed by atoms with Crippen molar-refractivity contribution < 1.29 is 33.9 Å². The molecule has 0 heterocycles. The highest BCUT2D eigenvalue weighted by molar-refractivity contribution is 5.94. The molecule has 0 aromatic rings. The number of amides is 5. The molecule has 0 saturated heterocycles. The van der Waals surface area contributed by atoms with Crippen LogP contribution in [0.3, 0.4) is 0 Å². The van der Waals surface area contributed by atoms with Crippen LogP contribution in [0.5, 0.6) is 0 Å². The lowest BCUT2D eigenvalue weighted by Gasteiger charge is -2.25. The number of hydrogen-bond acceptors (Lipinski definition) is 8. The number of nitrogens with one attached hydrogen (secondary N) is 3. The zero-order valence-electron chi connectivity index (χ0n) is 20.2. The molecule has 14 heteroatoms. The molecular formula is C21H39N7O7. The van der Waals surface area contributed by atoms with Crippen molar-refractivity contribution in [3.8, 4) is 0 Å². The quantitative estimate of drug-likeness (QED) is 0.0898. The van der Waals surface area contributed by atoms with Gasteiger partial charge in [0.1, 0.15) is 18.1 Å². The van der Waals surface area contributed by atoms with Crippen molar-refractivity contribution in [3.05, 3.63) is 0 Å². The van der Waals surface area contributed by atoms with Gasteiger partial charge in [-0.05, 0) is 44.6 Å². The van der Waals surface area contributed by atoms with E-state index in [1.165, 1.54) is 0 Å². The monoisotopic (exact) mass is 501 g/mol. The van der Waals surface area contributed by atoms with Gasteiger partial charge in [0.2, 0.25) is 29.5 Å². The number of primary amides is 2. The Labute approximate surface area is 204 Å². The molecule has 0 aliphatic rings. The fourth-order valence-corrected chi connectivity index (χ4v) is 2.98. The number of unbranched alkanes of at least 4 members (excludes halogenated alkanes) is 1. The van der Waals surface area contributed by atoms with E-state index in [0.29, 0.717) is 19.4 Å². The van der Waals surface area contributed by atoms with Gasteiger partial charge in [-0.15, -0.1) is 0 Å². The molecule has 0 aromatic heterocycles. The third kappa shape index (κ3) is 13.3. The predicted octanol–water partition coefficient (Wildman–Crippen LogP) is -2.83. The van der Waals surface area contributed by atoms with Gasteiger partial charge in [-0.2, -0.15) is 0 Å². The first-order chi connectivity index (χ1) is 16.3. The van der Waals surface area contributed by atoms with Crippen LogP contribution in [0.15, 0.2) is 0 Å². The number of hydrogen-bond donors (Lipinski definition) is 8. The second-order valence-electron chi connectivity index (χ2n) is 8.59. The van der Waals surface area contributed by atoms with Crippen LogP contribution in [0.4, 0.5) is 0 Å². The van der Waals surface area contributed by atoms with Crippen LogP contribution >= 0.6 is 0 Å². The van der Waals surface area contributed by atoms with Crippen LogP contribution in [0.25, 0.3) is 0 Å². The Balaban J connectivity index is 5.59. The van der Waals surface area contributed by atoms with Crippen LogP contribution in [0, 0.1) is 5.92 Å². The summed E-state index contributed by atoms with van der Waals surface area (Å²) in [4.78, 5) is 71.9. The van der Waals surface area contributed by atoms with Crippen molar-refractivity contribution in [2.24, 2.45) is 28.9 Å². The minimum atomic E-state index is -1.40. The van der Waals surface area contributed by atoms with Crippen molar-refractivity contribution in [2.75, 3.05) is 6.54 Å². The van der Waals surface area contributed by atoms with E-state index in [4.69, 9.17) is 22.9 Å². The smallest absolute Gasteiger partial charge is 0.326 e. The highest BCUT2D eigenvalue weighted by Crippen LogP contribution is 2.07. The number of nitrogens with two attached hydrogens (primary N) is 4. The fourth-order valence-electron chi connectivity index (χ4n) is 2.98. The van der Waals surface area contributed by atoms with Crippen molar-refractivity contribution in [3.63, 3.8) is 0 Å². The van der Waals surface area contributed by atoms with E-state index in [0.717, 1.165) is 0 Å². The normalized spacial score (nSPS) is 14.3. The summed E-state index contributed by atoms with van der Waals surface area (Å²) >= 11 is 0. The molecule has 35 heavy (non-hydrogen) atoms. The van der Waals surface area contributed by atoms with E-state index in [1.807, 2.05) is 0 Å². The van der Waals surface area contributed by atoms with E-state index >= 15 is 0 Å². The summed E-state index contributed by atoms with van der Waals surface area (Å²) in [6, 6.07) is -4.70. The standard InChI is InChI=1S/C21H39N7O7/c1-11(2)17(25)20(33)27-13(6-8-15(23)29)19(32)26-12(5-3-4-10-22)18(31)28-14(21(34)35)7-9-16(24)30/h11-14,17H,3-10,22,25H2,1-2H3,(H2,23,29)(H2,24,30)(H,26,32)(H,27,33)(H,28,31)(H,34,35). The topological polar surface area (TPSA) is 263 Å². The highest BCUT2D eigenvalue weighted by Gasteiger charge is 2.30. The Morgan fingerprint density at radius 1 is 0.714 bits per heavy atom. The largest absolute Gasteiger partial charge is 0.480 e. The van der Waals surface area contributed by atoms with Crippen LogP contribution in [0.1, 0.15) is 58.8 Å². The van der Waals surface area contributed by atoms with Crippen LogP contribution in [-0.2, 0) is 28.8 Å². The summed E-state index contributed by atoms with van der Waals surface area (Å²) in [5, 5.41) is 16.6. The summed E-state index contributed by atoms with van der Waals surface area (Å²) in [6.45, 7) is 3.78. The summed E-state index contributed by atoms with van der Waals surface area (Å²) in [7, 11) is 0. The minimum absolute atomic E-state index is 0.124. The fraction of sp³-hybridized carbons (Fsp3) is 0.714. The molecule has 5 amide bonds. The molecule has 14 nitrogen and oxygen atoms in total. The number of carboxylic acid groups (broad SMARTS) is 1. The Morgan fingerprint density at radius 2 is 1.14 bits per heavy atom. The maximum absolute atomic E-state index is 13.0. The third-order valence-corrected chi connectivity index (χ3v) is 5.21. The molecule has 0 bridgehead atoms. The lowest BCUT2D eigenvalue weighted by molar-refractivity contribution is -0.142. The van der Waals surface area contributed by atoms with E-state index in [-0.39, 0.29) is 38.0 Å². The molecule has 12 N–H and O–H groups in total. The number of carbonyl (C=O) groups is 6. The van der Waals surface area contributed by atoms with Gasteiger partial charge < -0.3 is 44.0 Å². The van der Waals surface area contributed by atoms with Crippen molar-refractivity contribution >= 4 is 35.5 Å². The number of aliphatic carboxylic acids is 1. The maximum atomic E-state index is 13.0. The van der Waals surface area contributed by atoms with Gasteiger partial charge in [0, 0.05) is 12.8 Å². The van der Waals surface area contributed by atoms with Gasteiger partial charge in [-0.3, -0.25) is 24.0 Å². The molecule has 4 unspecified atom stereocenters. The molecule has 0 radical (unpaired) electrons. The van der Waals surface area contributed by atoms with Crippen molar-refractivity contribution in [1.29, 1.82) is 0 Å². The lowest BCUT2D eigenvalue weighted by Crippen LogP contribution is -2.57. The van der Waals surface area contributed by atoms with Gasteiger partial charge in [-0.1, -0.05) is 13.8 Å². The van der Waals surface area contributed by atoms with Gasteiger partial charge in [0.25, 0.3) is 0 Å². The highest BCUT2D eigenvalue weighted by atomic mass is 16.4. The molecule has 0 saturated carbocycles. The van der Waals surface area contributed by atoms with Gasteiger partial charge in [-0.25, -0.2) is 4.79 Å². The first-order valence-electron chi connectivity index (χ1n) is 11.5. The summed E-state index contributed by atoms with van der Waals surface area (Å²) in [5.41, 5.74) is 21.5. The van der Waals surface area contributed by atoms with E-state index in [9.17, 15) is 33.9 Å². The Kier molecular flexibility index (Phi) is 14.9. The van der Waals surface area contributed by atoms with E-state index in [1.54, 1.807) is 13.8 Å². The van der Waals surface area contributed by atoms with Gasteiger partial charge in [0.05, 0.1) is 6.04 Å². The first kappa shape index (κ1) is 31.7. The van der Waals surface area contributed by atoms with Crippen molar-refractivity contribution in [1.82, 2.24) is 16.0 Å². The number of carboxylic acids is 1. The summed E-state index contributed by atoms with van der Waals surface area (Å²) in [5.74, 6) is -5.21. The average molecular weight is 502 g/mol. The molecule has 200 valence electrons. The first-order valence-corrected chi connectivity index (χ1v) is 11.5. The molecule has 0 fully saturated rings. The molecule has 4 atom stereocenters. The summed E-state index contributed by atoms with van der Waals surface area (Å²) < 4.78 is 0. The number of rotatable bonds is 18. The molecule has 0 spiro atoms. The van der Waals surface area contributed by atoms with Crippen LogP contribution in [0.2, 0.25) is 0 Å². The Morgan fingerprint density at radius 3 is 1.57 bits per heavy atom. The third-order valence-electron chi connectivity index (χ3n) is 5.21. The SMILES string of the molecule is CC(C)C(N)C(=O)NC(CCC(N)=O)C(=O)NC(CCCCN)C(=O)NC(CCC(N)=O)C(=O)O. The van der Waals surface area contributed by atoms with Crippen LogP contribution in [-0.4, -0.2) is 71.3 Å². The predicted molar refractivity (Wildman–Crippen MR) is 126 cm³/mol. The average Bonchev–Trinajstić information content (AvgIpc) is 2.77. The zero-order chi connectivity index (χ0) is 27.1. The number of carbonyl (C=O) groups excluding carboxylic acids is 5. The summed E-state index contributed by atoms with van der Waals surface area (Å²) in [6.07, 6.45) is 0.250. The molecule has 0 aliphatic heterocycles. The molecule has 0 aromatic carbocycles. The molecule has 0 aliphatic carbocycles. The second kappa shape index (κ2) is 16.4. The van der Waals surface area contributed by atoms with Gasteiger partial charge in [0.15, 0.2) is 0 Å². The molecule has 0 rings (SSSR count). The molecular weight excluding hydrogens is 462 g/mol. The maximum Gasteiger partial charge on any atom is 0.326 e.